The van der Waals surface area contributed by atoms with Crippen LogP contribution in [0.5, 0.6) is 11.5 Å². The molecule has 0 aliphatic carbocycles. The van der Waals surface area contributed by atoms with Gasteiger partial charge in [-0.05, 0) is 61.1 Å². The zero-order valence-corrected chi connectivity index (χ0v) is 15.5. The number of aldehydes is 2. The van der Waals surface area contributed by atoms with Gasteiger partial charge in [0.05, 0.1) is 24.3 Å². The fourth-order valence-corrected chi connectivity index (χ4v) is 2.65. The van der Waals surface area contributed by atoms with Crippen molar-refractivity contribution in [1.29, 1.82) is 0 Å². The Morgan fingerprint density at radius 3 is 1.50 bits per heavy atom. The van der Waals surface area contributed by atoms with E-state index in [0.717, 1.165) is 49.4 Å². The Balaban J connectivity index is 1.76. The molecule has 0 amide bonds. The first kappa shape index (κ1) is 19.7. The van der Waals surface area contributed by atoms with E-state index in [-0.39, 0.29) is 0 Å². The van der Waals surface area contributed by atoms with E-state index in [9.17, 15) is 9.59 Å². The molecule has 0 radical (unpaired) electrons. The molecule has 26 heavy (non-hydrogen) atoms. The maximum atomic E-state index is 11.2. The predicted octanol–water partition coefficient (Wildman–Crippen LogP) is 4.67. The van der Waals surface area contributed by atoms with E-state index in [1.54, 1.807) is 0 Å². The van der Waals surface area contributed by atoms with Gasteiger partial charge in [-0.2, -0.15) is 0 Å². The lowest BCUT2D eigenvalue weighted by Crippen LogP contribution is -2.05. The molecule has 0 unspecified atom stereocenters. The van der Waals surface area contributed by atoms with Crippen molar-refractivity contribution in [2.75, 3.05) is 13.2 Å². The molecule has 0 aliphatic rings. The smallest absolute Gasteiger partial charge is 0.153 e. The second-order valence-electron chi connectivity index (χ2n) is 6.09. The van der Waals surface area contributed by atoms with Gasteiger partial charge in [0.1, 0.15) is 11.5 Å². The molecule has 0 N–H and O–H groups in total. The molecule has 2 rings (SSSR count). The van der Waals surface area contributed by atoms with Crippen molar-refractivity contribution in [3.8, 4) is 11.5 Å². The van der Waals surface area contributed by atoms with Crippen molar-refractivity contribution < 1.29 is 19.1 Å². The SMILES string of the molecule is CCc1ccc(OCCCCOc2ccc(CC)cc2C=O)c(C=O)c1. The van der Waals surface area contributed by atoms with Gasteiger partial charge in [-0.1, -0.05) is 26.0 Å². The van der Waals surface area contributed by atoms with Crippen LogP contribution in [0.25, 0.3) is 0 Å². The Bertz CT molecular complexity index is 673. The van der Waals surface area contributed by atoms with Crippen LogP contribution >= 0.6 is 0 Å². The highest BCUT2D eigenvalue weighted by Crippen LogP contribution is 2.20. The number of hydrogen-bond donors (Lipinski definition) is 0. The molecule has 0 spiro atoms. The lowest BCUT2D eigenvalue weighted by atomic mass is 10.1. The second-order valence-corrected chi connectivity index (χ2v) is 6.09. The minimum Gasteiger partial charge on any atom is -0.493 e. The molecule has 0 saturated heterocycles. The summed E-state index contributed by atoms with van der Waals surface area (Å²) in [7, 11) is 0. The molecule has 0 bridgehead atoms. The van der Waals surface area contributed by atoms with Gasteiger partial charge in [0.15, 0.2) is 12.6 Å². The summed E-state index contributed by atoms with van der Waals surface area (Å²) in [4.78, 5) is 22.3. The maximum Gasteiger partial charge on any atom is 0.153 e. The third kappa shape index (κ3) is 5.45. The van der Waals surface area contributed by atoms with Crippen molar-refractivity contribution in [1.82, 2.24) is 0 Å². The van der Waals surface area contributed by atoms with Gasteiger partial charge >= 0.3 is 0 Å². The molecule has 4 nitrogen and oxygen atoms in total. The van der Waals surface area contributed by atoms with Gasteiger partial charge < -0.3 is 9.47 Å². The molecule has 0 fully saturated rings. The zero-order chi connectivity index (χ0) is 18.8. The molecule has 0 heterocycles. The summed E-state index contributed by atoms with van der Waals surface area (Å²) in [5, 5.41) is 0. The number of carbonyl (C=O) groups excluding carboxylic acids is 2. The van der Waals surface area contributed by atoms with Crippen LogP contribution in [0.2, 0.25) is 0 Å². The van der Waals surface area contributed by atoms with E-state index in [0.29, 0.717) is 35.8 Å². The number of ether oxygens (including phenoxy) is 2. The molecule has 0 aliphatic heterocycles. The summed E-state index contributed by atoms with van der Waals surface area (Å²) in [6.07, 6.45) is 5.05. The topological polar surface area (TPSA) is 52.6 Å². The van der Waals surface area contributed by atoms with Crippen molar-refractivity contribution in [2.45, 2.75) is 39.5 Å². The van der Waals surface area contributed by atoms with Crippen LogP contribution in [0.3, 0.4) is 0 Å². The first-order valence-electron chi connectivity index (χ1n) is 9.13. The largest absolute Gasteiger partial charge is 0.493 e. The van der Waals surface area contributed by atoms with Crippen LogP contribution in [0.4, 0.5) is 0 Å². The van der Waals surface area contributed by atoms with E-state index >= 15 is 0 Å². The van der Waals surface area contributed by atoms with Gasteiger partial charge in [0, 0.05) is 0 Å². The molecular formula is C22H26O4. The fourth-order valence-electron chi connectivity index (χ4n) is 2.65. The normalized spacial score (nSPS) is 10.4. The van der Waals surface area contributed by atoms with Crippen LogP contribution in [0.1, 0.15) is 58.5 Å². The molecule has 0 aromatic heterocycles. The van der Waals surface area contributed by atoms with E-state index in [2.05, 4.69) is 13.8 Å². The summed E-state index contributed by atoms with van der Waals surface area (Å²) in [5.41, 5.74) is 3.42. The predicted molar refractivity (Wildman–Crippen MR) is 103 cm³/mol. The van der Waals surface area contributed by atoms with Gasteiger partial charge in [0.2, 0.25) is 0 Å². The van der Waals surface area contributed by atoms with Crippen LogP contribution in [-0.4, -0.2) is 25.8 Å². The average Bonchev–Trinajstić information content (AvgIpc) is 2.70. The van der Waals surface area contributed by atoms with Gasteiger partial charge in [-0.15, -0.1) is 0 Å². The zero-order valence-electron chi connectivity index (χ0n) is 15.5. The van der Waals surface area contributed by atoms with Crippen LogP contribution in [0, 0.1) is 0 Å². The summed E-state index contributed by atoms with van der Waals surface area (Å²) < 4.78 is 11.4. The molecule has 138 valence electrons. The highest BCUT2D eigenvalue weighted by molar-refractivity contribution is 5.80. The molecule has 2 aromatic carbocycles. The number of hydrogen-bond acceptors (Lipinski definition) is 4. The molecule has 0 saturated carbocycles. The van der Waals surface area contributed by atoms with E-state index in [4.69, 9.17) is 9.47 Å². The fraction of sp³-hybridized carbons (Fsp3) is 0.364. The van der Waals surface area contributed by atoms with Crippen molar-refractivity contribution >= 4 is 12.6 Å². The second kappa shape index (κ2) is 10.4. The quantitative estimate of drug-likeness (QED) is 0.434. The standard InChI is InChI=1S/C22H26O4/c1-3-17-7-9-21(19(13-17)15-23)25-11-5-6-12-26-22-10-8-18(4-2)14-20(22)16-24/h7-10,13-16H,3-6,11-12H2,1-2H3. The minimum absolute atomic E-state index is 0.519. The van der Waals surface area contributed by atoms with Gasteiger partial charge in [-0.25, -0.2) is 0 Å². The highest BCUT2D eigenvalue weighted by atomic mass is 16.5. The number of unbranched alkanes of at least 4 members (excludes halogenated alkanes) is 1. The van der Waals surface area contributed by atoms with Crippen LogP contribution in [0.15, 0.2) is 36.4 Å². The number of aryl methyl sites for hydroxylation is 2. The lowest BCUT2D eigenvalue weighted by Gasteiger charge is -2.11. The summed E-state index contributed by atoms with van der Waals surface area (Å²) in [5.74, 6) is 1.24. The number of rotatable bonds is 11. The first-order chi connectivity index (χ1) is 12.7. The number of benzene rings is 2. The monoisotopic (exact) mass is 354 g/mol. The first-order valence-corrected chi connectivity index (χ1v) is 9.13. The number of carbonyl (C=O) groups is 2. The van der Waals surface area contributed by atoms with Crippen LogP contribution < -0.4 is 9.47 Å². The van der Waals surface area contributed by atoms with E-state index < -0.39 is 0 Å². The maximum absolute atomic E-state index is 11.2. The Labute approximate surface area is 155 Å². The Morgan fingerprint density at radius 1 is 0.731 bits per heavy atom. The van der Waals surface area contributed by atoms with Gasteiger partial charge in [-0.3, -0.25) is 9.59 Å². The van der Waals surface area contributed by atoms with Gasteiger partial charge in [0.25, 0.3) is 0 Å². The average molecular weight is 354 g/mol. The molecular weight excluding hydrogens is 328 g/mol. The third-order valence-electron chi connectivity index (χ3n) is 4.27. The van der Waals surface area contributed by atoms with Crippen molar-refractivity contribution in [3.63, 3.8) is 0 Å². The molecule has 0 atom stereocenters. The van der Waals surface area contributed by atoms with E-state index in [1.807, 2.05) is 36.4 Å². The lowest BCUT2D eigenvalue weighted by molar-refractivity contribution is 0.111. The Hall–Kier alpha value is -2.62. The minimum atomic E-state index is 0.519. The molecule has 4 heteroatoms. The van der Waals surface area contributed by atoms with E-state index in [1.165, 1.54) is 0 Å². The third-order valence-corrected chi connectivity index (χ3v) is 4.27. The summed E-state index contributed by atoms with van der Waals surface area (Å²) in [6, 6.07) is 11.4. The molecule has 2 aromatic rings. The van der Waals surface area contributed by atoms with Crippen molar-refractivity contribution in [3.05, 3.63) is 58.7 Å². The van der Waals surface area contributed by atoms with Crippen LogP contribution in [-0.2, 0) is 12.8 Å². The van der Waals surface area contributed by atoms with Crippen molar-refractivity contribution in [2.24, 2.45) is 0 Å². The highest BCUT2D eigenvalue weighted by Gasteiger charge is 2.06. The summed E-state index contributed by atoms with van der Waals surface area (Å²) >= 11 is 0. The summed E-state index contributed by atoms with van der Waals surface area (Å²) in [6.45, 7) is 5.14. The Kier molecular flexibility index (Phi) is 7.87. The Morgan fingerprint density at radius 2 is 1.15 bits per heavy atom.